The van der Waals surface area contributed by atoms with Crippen LogP contribution in [-0.4, -0.2) is 49.8 Å². The lowest BCUT2D eigenvalue weighted by atomic mass is 10.1. The minimum atomic E-state index is -3.37. The highest BCUT2D eigenvalue weighted by Crippen LogP contribution is 2.26. The minimum absolute atomic E-state index is 0.388. The molecular weight excluding hydrogens is 352 g/mol. The summed E-state index contributed by atoms with van der Waals surface area (Å²) in [4.78, 5) is 2.85. The van der Waals surface area contributed by atoms with E-state index in [2.05, 4.69) is 20.8 Å². The second-order valence-electron chi connectivity index (χ2n) is 5.86. The number of likely N-dealkylation sites (tertiary alicyclic amines) is 1. The monoisotopic (exact) mass is 372 g/mol. The predicted molar refractivity (Wildman–Crippen MR) is 86.7 cm³/mol. The largest absolute Gasteiger partial charge is 0.299 e. The maximum atomic E-state index is 12.8. The van der Waals surface area contributed by atoms with Crippen LogP contribution in [-0.2, 0) is 10.0 Å². The molecule has 1 atom stereocenters. The van der Waals surface area contributed by atoms with Crippen LogP contribution in [0.1, 0.15) is 25.7 Å². The number of sulfonamides is 1. The number of hydrogen-bond acceptors (Lipinski definition) is 3. The van der Waals surface area contributed by atoms with Crippen LogP contribution in [0.25, 0.3) is 0 Å². The van der Waals surface area contributed by atoms with Gasteiger partial charge < -0.3 is 0 Å². The topological polar surface area (TPSA) is 40.6 Å². The Balaban J connectivity index is 1.78. The first kappa shape index (κ1) is 15.5. The molecular formula is C15H21BrN2O2S. The van der Waals surface area contributed by atoms with Crippen LogP contribution in [0.3, 0.4) is 0 Å². The van der Waals surface area contributed by atoms with Gasteiger partial charge in [-0.1, -0.05) is 22.0 Å². The van der Waals surface area contributed by atoms with Crippen LogP contribution in [0.15, 0.2) is 33.6 Å². The molecule has 1 unspecified atom stereocenters. The summed E-state index contributed by atoms with van der Waals surface area (Å²) in [6, 6.07) is 7.39. The van der Waals surface area contributed by atoms with Crippen molar-refractivity contribution >= 4 is 26.0 Å². The Bertz CT molecular complexity index is 599. The fraction of sp³-hybridized carbons (Fsp3) is 0.600. The van der Waals surface area contributed by atoms with Crippen molar-refractivity contribution in [2.45, 2.75) is 36.6 Å². The molecule has 116 valence electrons. The van der Waals surface area contributed by atoms with Crippen molar-refractivity contribution in [1.29, 1.82) is 0 Å². The molecule has 4 nitrogen and oxygen atoms in total. The van der Waals surface area contributed by atoms with E-state index < -0.39 is 10.0 Å². The number of benzene rings is 1. The van der Waals surface area contributed by atoms with E-state index in [9.17, 15) is 8.42 Å². The van der Waals surface area contributed by atoms with E-state index in [0.717, 1.165) is 30.4 Å². The molecule has 0 aromatic heterocycles. The van der Waals surface area contributed by atoms with Crippen molar-refractivity contribution in [3.63, 3.8) is 0 Å². The highest BCUT2D eigenvalue weighted by molar-refractivity contribution is 9.10. The maximum Gasteiger partial charge on any atom is 0.243 e. The van der Waals surface area contributed by atoms with Crippen molar-refractivity contribution in [3.8, 4) is 0 Å². The molecule has 0 amide bonds. The average Bonchev–Trinajstić information content (AvgIpc) is 3.02. The Morgan fingerprint density at radius 1 is 1.10 bits per heavy atom. The van der Waals surface area contributed by atoms with Gasteiger partial charge in [-0.25, -0.2) is 8.42 Å². The van der Waals surface area contributed by atoms with Crippen LogP contribution in [0.5, 0.6) is 0 Å². The Hall–Kier alpha value is -0.430. The first-order valence-electron chi connectivity index (χ1n) is 7.57. The zero-order valence-electron chi connectivity index (χ0n) is 12.0. The highest BCUT2D eigenvalue weighted by atomic mass is 79.9. The van der Waals surface area contributed by atoms with Gasteiger partial charge in [0.05, 0.1) is 4.90 Å². The van der Waals surface area contributed by atoms with Gasteiger partial charge in [-0.2, -0.15) is 4.31 Å². The fourth-order valence-electron chi connectivity index (χ4n) is 3.32. The summed E-state index contributed by atoms with van der Waals surface area (Å²) in [5.74, 6) is 0. The molecule has 2 fully saturated rings. The van der Waals surface area contributed by atoms with Crippen molar-refractivity contribution in [2.75, 3.05) is 26.2 Å². The first-order valence-corrected chi connectivity index (χ1v) is 9.80. The standard InChI is InChI=1S/C15H21BrN2O2S/c16-13-5-3-7-15(11-13)21(19,20)18-10-4-6-14(12-18)17-8-1-2-9-17/h3,5,7,11,14H,1-2,4,6,8-10,12H2. The summed E-state index contributed by atoms with van der Waals surface area (Å²) in [6.45, 7) is 3.51. The van der Waals surface area contributed by atoms with E-state index in [1.807, 2.05) is 6.07 Å². The van der Waals surface area contributed by atoms with Gasteiger partial charge >= 0.3 is 0 Å². The summed E-state index contributed by atoms with van der Waals surface area (Å²) < 4.78 is 28.0. The van der Waals surface area contributed by atoms with E-state index in [1.165, 1.54) is 12.8 Å². The molecule has 0 spiro atoms. The van der Waals surface area contributed by atoms with Crippen molar-refractivity contribution in [1.82, 2.24) is 9.21 Å². The van der Waals surface area contributed by atoms with Gasteiger partial charge in [0.15, 0.2) is 0 Å². The maximum absolute atomic E-state index is 12.8. The molecule has 3 rings (SSSR count). The van der Waals surface area contributed by atoms with E-state index in [0.29, 0.717) is 24.0 Å². The van der Waals surface area contributed by atoms with Crippen LogP contribution >= 0.6 is 15.9 Å². The molecule has 2 heterocycles. The molecule has 0 N–H and O–H groups in total. The van der Waals surface area contributed by atoms with E-state index in [-0.39, 0.29) is 0 Å². The molecule has 0 saturated carbocycles. The van der Waals surface area contributed by atoms with Gasteiger partial charge in [0.25, 0.3) is 0 Å². The van der Waals surface area contributed by atoms with Gasteiger partial charge in [0, 0.05) is 23.6 Å². The Morgan fingerprint density at radius 2 is 1.86 bits per heavy atom. The molecule has 0 bridgehead atoms. The van der Waals surface area contributed by atoms with E-state index in [4.69, 9.17) is 0 Å². The number of halogens is 1. The third-order valence-corrected chi connectivity index (χ3v) is 6.80. The van der Waals surface area contributed by atoms with Crippen LogP contribution in [0.2, 0.25) is 0 Å². The van der Waals surface area contributed by atoms with E-state index in [1.54, 1.807) is 22.5 Å². The number of rotatable bonds is 3. The van der Waals surface area contributed by atoms with Crippen LogP contribution in [0, 0.1) is 0 Å². The highest BCUT2D eigenvalue weighted by Gasteiger charge is 2.33. The zero-order chi connectivity index (χ0) is 14.9. The zero-order valence-corrected chi connectivity index (χ0v) is 14.4. The number of piperidine rings is 1. The smallest absolute Gasteiger partial charge is 0.243 e. The second kappa shape index (κ2) is 6.36. The number of nitrogens with zero attached hydrogens (tertiary/aromatic N) is 2. The molecule has 0 radical (unpaired) electrons. The molecule has 2 saturated heterocycles. The lowest BCUT2D eigenvalue weighted by Gasteiger charge is -2.36. The Kier molecular flexibility index (Phi) is 4.69. The van der Waals surface area contributed by atoms with Crippen molar-refractivity contribution in [3.05, 3.63) is 28.7 Å². The summed E-state index contributed by atoms with van der Waals surface area (Å²) in [5.41, 5.74) is 0. The summed E-state index contributed by atoms with van der Waals surface area (Å²) in [6.07, 6.45) is 4.56. The lowest BCUT2D eigenvalue weighted by Crippen LogP contribution is -2.48. The van der Waals surface area contributed by atoms with Gasteiger partial charge in [-0.3, -0.25) is 4.90 Å². The molecule has 0 aliphatic carbocycles. The van der Waals surface area contributed by atoms with Crippen molar-refractivity contribution < 1.29 is 8.42 Å². The van der Waals surface area contributed by atoms with Crippen LogP contribution in [0.4, 0.5) is 0 Å². The van der Waals surface area contributed by atoms with Crippen LogP contribution < -0.4 is 0 Å². The van der Waals surface area contributed by atoms with Gasteiger partial charge in [-0.15, -0.1) is 0 Å². The van der Waals surface area contributed by atoms with Gasteiger partial charge in [0.1, 0.15) is 0 Å². The SMILES string of the molecule is O=S(=O)(c1cccc(Br)c1)N1CCCC(N2CCCC2)C1. The van der Waals surface area contributed by atoms with E-state index >= 15 is 0 Å². The number of hydrogen-bond donors (Lipinski definition) is 0. The molecule has 2 aliphatic rings. The van der Waals surface area contributed by atoms with Gasteiger partial charge in [0.2, 0.25) is 10.0 Å². The summed E-state index contributed by atoms with van der Waals surface area (Å²) in [7, 11) is -3.37. The molecule has 2 aliphatic heterocycles. The van der Waals surface area contributed by atoms with Crippen molar-refractivity contribution in [2.24, 2.45) is 0 Å². The third-order valence-electron chi connectivity index (χ3n) is 4.45. The summed E-state index contributed by atoms with van der Waals surface area (Å²) in [5, 5.41) is 0. The second-order valence-corrected chi connectivity index (χ2v) is 8.71. The predicted octanol–water partition coefficient (Wildman–Crippen LogP) is 2.70. The third kappa shape index (κ3) is 3.33. The Labute approximate surface area is 135 Å². The molecule has 21 heavy (non-hydrogen) atoms. The lowest BCUT2D eigenvalue weighted by molar-refractivity contribution is 0.162. The summed E-state index contributed by atoms with van der Waals surface area (Å²) >= 11 is 3.35. The quantitative estimate of drug-likeness (QED) is 0.818. The molecule has 6 heteroatoms. The first-order chi connectivity index (χ1) is 10.1. The fourth-order valence-corrected chi connectivity index (χ4v) is 5.43. The average molecular weight is 373 g/mol. The van der Waals surface area contributed by atoms with Gasteiger partial charge in [-0.05, 0) is 57.0 Å². The normalized spacial score (nSPS) is 25.3. The Morgan fingerprint density at radius 3 is 2.57 bits per heavy atom. The molecule has 1 aromatic rings. The minimum Gasteiger partial charge on any atom is -0.299 e. The molecule has 1 aromatic carbocycles.